The van der Waals surface area contributed by atoms with Crippen molar-refractivity contribution in [2.24, 2.45) is 11.7 Å². The Hall–Kier alpha value is -4.51. The Labute approximate surface area is 279 Å². The van der Waals surface area contributed by atoms with Crippen molar-refractivity contribution in [1.82, 2.24) is 14.9 Å². The van der Waals surface area contributed by atoms with E-state index in [2.05, 4.69) is 35.0 Å². The number of nitrogens with one attached hydrogen (secondary N) is 1. The van der Waals surface area contributed by atoms with Gasteiger partial charge in [-0.15, -0.1) is 0 Å². The number of imidazole rings is 1. The number of nitrogens with two attached hydrogens (primary N) is 1. The number of amides is 1. The average Bonchev–Trinajstić information content (AvgIpc) is 3.45. The number of aryl methyl sites for hydroxylation is 1. The summed E-state index contributed by atoms with van der Waals surface area (Å²) in [5.41, 5.74) is 11.3. The maximum Gasteiger partial charge on any atom is 0.416 e. The van der Waals surface area contributed by atoms with E-state index >= 15 is 0 Å². The molecule has 1 heterocycles. The fourth-order valence-electron chi connectivity index (χ4n) is 5.43. The van der Waals surface area contributed by atoms with Crippen LogP contribution in [0.1, 0.15) is 46.1 Å². The first kappa shape index (κ1) is 34.8. The summed E-state index contributed by atoms with van der Waals surface area (Å²) in [6, 6.07) is 20.6. The van der Waals surface area contributed by atoms with Gasteiger partial charge in [0.2, 0.25) is 0 Å². The molecular formula is C38H41F3N4O3. The fourth-order valence-corrected chi connectivity index (χ4v) is 5.43. The second-order valence-corrected chi connectivity index (χ2v) is 11.9. The monoisotopic (exact) mass is 658 g/mol. The third-order valence-corrected chi connectivity index (χ3v) is 8.07. The van der Waals surface area contributed by atoms with Gasteiger partial charge >= 0.3 is 6.18 Å². The van der Waals surface area contributed by atoms with Gasteiger partial charge in [0.15, 0.2) is 0 Å². The molecule has 7 nitrogen and oxygen atoms in total. The number of aromatic nitrogens is 2. The smallest absolute Gasteiger partial charge is 0.378 e. The van der Waals surface area contributed by atoms with Crippen molar-refractivity contribution in [3.63, 3.8) is 0 Å². The van der Waals surface area contributed by atoms with Gasteiger partial charge in [-0.3, -0.25) is 4.79 Å². The normalized spacial score (nSPS) is 14.6. The van der Waals surface area contributed by atoms with Crippen molar-refractivity contribution < 1.29 is 27.4 Å². The van der Waals surface area contributed by atoms with Gasteiger partial charge in [-0.2, -0.15) is 13.2 Å². The Morgan fingerprint density at radius 3 is 2.23 bits per heavy atom. The number of nitrogens with zero attached hydrogens (tertiary/aromatic N) is 2. The van der Waals surface area contributed by atoms with Crippen molar-refractivity contribution in [2.75, 3.05) is 39.5 Å². The molecule has 0 radical (unpaired) electrons. The molecule has 252 valence electrons. The number of halogens is 3. The predicted octanol–water partition coefficient (Wildman–Crippen LogP) is 7.29. The van der Waals surface area contributed by atoms with Crippen LogP contribution in [0.2, 0.25) is 0 Å². The lowest BCUT2D eigenvalue weighted by molar-refractivity contribution is -0.137. The summed E-state index contributed by atoms with van der Waals surface area (Å²) in [6.07, 6.45) is 2.81. The molecule has 5 rings (SSSR count). The number of carbonyl (C=O) groups excluding carboxylic acids is 1. The van der Waals surface area contributed by atoms with E-state index in [1.807, 2.05) is 43.3 Å². The Bertz CT molecular complexity index is 1730. The Morgan fingerprint density at radius 1 is 0.938 bits per heavy atom. The molecule has 1 aliphatic rings. The molecule has 0 bridgehead atoms. The summed E-state index contributed by atoms with van der Waals surface area (Å²) >= 11 is 0. The third-order valence-electron chi connectivity index (χ3n) is 8.07. The number of rotatable bonds is 14. The van der Waals surface area contributed by atoms with Crippen LogP contribution in [0.5, 0.6) is 0 Å². The van der Waals surface area contributed by atoms with Gasteiger partial charge in [-0.05, 0) is 54.7 Å². The van der Waals surface area contributed by atoms with E-state index in [1.165, 1.54) is 12.1 Å². The van der Waals surface area contributed by atoms with E-state index in [9.17, 15) is 18.0 Å². The second kappa shape index (κ2) is 16.1. The van der Waals surface area contributed by atoms with E-state index in [-0.39, 0.29) is 5.91 Å². The molecule has 3 N–H and O–H groups in total. The fraction of sp³-hybridized carbons (Fsp3) is 0.316. The van der Waals surface area contributed by atoms with Crippen LogP contribution in [0.3, 0.4) is 0 Å². The Morgan fingerprint density at radius 2 is 1.60 bits per heavy atom. The minimum atomic E-state index is -4.44. The molecule has 48 heavy (non-hydrogen) atoms. The van der Waals surface area contributed by atoms with Crippen LogP contribution in [-0.2, 0) is 22.2 Å². The first-order chi connectivity index (χ1) is 23.1. The predicted molar refractivity (Wildman–Crippen MR) is 182 cm³/mol. The SMILES string of the molecule is Cc1ccc(-c2c(C3=CCC(C)C=C3)nc(-c3ccc(C(F)(F)F)cc3)n2Cc2ccc(C(=O)NCCOCCOCCN)cc2)cc1. The number of allylic oxidation sites excluding steroid dienone is 4. The molecule has 1 aliphatic carbocycles. The minimum absolute atomic E-state index is 0.217. The molecule has 1 unspecified atom stereocenters. The molecule has 0 spiro atoms. The molecule has 0 saturated heterocycles. The van der Waals surface area contributed by atoms with Gasteiger partial charge in [-0.25, -0.2) is 4.98 Å². The topological polar surface area (TPSA) is 91.4 Å². The van der Waals surface area contributed by atoms with E-state index in [0.717, 1.165) is 52.2 Å². The van der Waals surface area contributed by atoms with Crippen molar-refractivity contribution in [2.45, 2.75) is 33.0 Å². The van der Waals surface area contributed by atoms with Gasteiger partial charge in [0.05, 0.1) is 43.4 Å². The van der Waals surface area contributed by atoms with Crippen molar-refractivity contribution in [3.05, 3.63) is 119 Å². The maximum absolute atomic E-state index is 13.5. The highest BCUT2D eigenvalue weighted by atomic mass is 19.4. The molecular weight excluding hydrogens is 617 g/mol. The molecule has 4 aromatic rings. The Balaban J connectivity index is 1.45. The Kier molecular flexibility index (Phi) is 11.6. The highest BCUT2D eigenvalue weighted by Gasteiger charge is 2.30. The van der Waals surface area contributed by atoms with Gasteiger partial charge < -0.3 is 25.1 Å². The van der Waals surface area contributed by atoms with Crippen LogP contribution in [0.25, 0.3) is 28.2 Å². The van der Waals surface area contributed by atoms with Crippen LogP contribution >= 0.6 is 0 Å². The summed E-state index contributed by atoms with van der Waals surface area (Å²) in [6.45, 7) is 7.08. The lowest BCUT2D eigenvalue weighted by atomic mass is 9.95. The molecule has 3 aromatic carbocycles. The standard InChI is InChI=1S/C38H41F3N4O3/c1-26-3-9-29(10-4-26)34-35(30-11-5-27(2)6-12-30)45(36(44-34)31-15-17-33(18-16-31)38(39,40)41)25-28-7-13-32(14-8-28)37(46)43-20-22-48-24-23-47-21-19-42/h3,5-18,26H,4,19-25,42H2,1-2H3,(H,43,46). The summed E-state index contributed by atoms with van der Waals surface area (Å²) < 4.78 is 53.2. The van der Waals surface area contributed by atoms with Crippen LogP contribution in [0.15, 0.2) is 91.0 Å². The highest BCUT2D eigenvalue weighted by Crippen LogP contribution is 2.38. The molecule has 1 atom stereocenters. The summed E-state index contributed by atoms with van der Waals surface area (Å²) in [7, 11) is 0. The number of benzene rings is 3. The van der Waals surface area contributed by atoms with Crippen LogP contribution in [0.4, 0.5) is 13.2 Å². The average molecular weight is 659 g/mol. The molecule has 0 fully saturated rings. The molecule has 0 aliphatic heterocycles. The van der Waals surface area contributed by atoms with E-state index in [4.69, 9.17) is 20.2 Å². The first-order valence-corrected chi connectivity index (χ1v) is 16.1. The van der Waals surface area contributed by atoms with Gasteiger partial charge in [-0.1, -0.05) is 79.2 Å². The van der Waals surface area contributed by atoms with Gasteiger partial charge in [0, 0.05) is 36.3 Å². The number of ether oxygens (including phenoxy) is 2. The number of carbonyl (C=O) groups is 1. The second-order valence-electron chi connectivity index (χ2n) is 11.9. The highest BCUT2D eigenvalue weighted by molar-refractivity contribution is 5.94. The molecule has 1 aromatic heterocycles. The summed E-state index contributed by atoms with van der Waals surface area (Å²) in [4.78, 5) is 17.9. The lowest BCUT2D eigenvalue weighted by Crippen LogP contribution is -2.27. The largest absolute Gasteiger partial charge is 0.416 e. The van der Waals surface area contributed by atoms with Crippen molar-refractivity contribution in [3.8, 4) is 22.6 Å². The van der Waals surface area contributed by atoms with E-state index < -0.39 is 11.7 Å². The van der Waals surface area contributed by atoms with E-state index in [1.54, 1.807) is 12.1 Å². The van der Waals surface area contributed by atoms with Gasteiger partial charge in [0.25, 0.3) is 5.91 Å². The van der Waals surface area contributed by atoms with Gasteiger partial charge in [0.1, 0.15) is 5.82 Å². The zero-order valence-electron chi connectivity index (χ0n) is 27.2. The zero-order chi connectivity index (χ0) is 34.1. The van der Waals surface area contributed by atoms with Crippen molar-refractivity contribution in [1.29, 1.82) is 0 Å². The summed E-state index contributed by atoms with van der Waals surface area (Å²) in [5, 5.41) is 2.86. The van der Waals surface area contributed by atoms with Crippen LogP contribution in [-0.4, -0.2) is 55.0 Å². The molecule has 10 heteroatoms. The van der Waals surface area contributed by atoms with Crippen molar-refractivity contribution >= 4 is 11.5 Å². The van der Waals surface area contributed by atoms with E-state index in [0.29, 0.717) is 68.9 Å². The maximum atomic E-state index is 13.5. The minimum Gasteiger partial charge on any atom is -0.378 e. The number of hydrogen-bond donors (Lipinski definition) is 2. The molecule has 1 amide bonds. The number of alkyl halides is 3. The number of hydrogen-bond acceptors (Lipinski definition) is 5. The molecule has 0 saturated carbocycles. The lowest BCUT2D eigenvalue weighted by Gasteiger charge is -2.16. The van der Waals surface area contributed by atoms with Crippen LogP contribution < -0.4 is 11.1 Å². The quantitative estimate of drug-likeness (QED) is 0.139. The summed E-state index contributed by atoms with van der Waals surface area (Å²) in [5.74, 6) is 0.736. The third kappa shape index (κ3) is 8.89. The first-order valence-electron chi connectivity index (χ1n) is 16.1. The zero-order valence-corrected chi connectivity index (χ0v) is 27.2. The van der Waals surface area contributed by atoms with Crippen LogP contribution in [0, 0.1) is 12.8 Å².